The van der Waals surface area contributed by atoms with Gasteiger partial charge in [0, 0.05) is 26.8 Å². The van der Waals surface area contributed by atoms with Gasteiger partial charge in [-0.1, -0.05) is 35.0 Å². The molecule has 2 nitrogen and oxygen atoms in total. The van der Waals surface area contributed by atoms with Crippen molar-refractivity contribution in [1.29, 1.82) is 10.5 Å². The molecular formula is C13H11BrN2. The molecule has 0 N–H and O–H groups in total. The molecule has 0 spiro atoms. The number of halogens is 1. The van der Waals surface area contributed by atoms with Gasteiger partial charge in [-0.2, -0.15) is 10.5 Å². The predicted molar refractivity (Wildman–Crippen MR) is 63.1 cm³/mol. The first-order chi connectivity index (χ1) is 7.55. The summed E-state index contributed by atoms with van der Waals surface area (Å²) in [4.78, 5) is 0. The number of rotatable bonds is 1. The van der Waals surface area contributed by atoms with Crippen molar-refractivity contribution in [3.8, 4) is 12.1 Å². The van der Waals surface area contributed by atoms with E-state index in [9.17, 15) is 10.5 Å². The normalized spacial score (nSPS) is 51.2. The third-order valence-corrected chi connectivity index (χ3v) is 6.16. The van der Waals surface area contributed by atoms with E-state index in [1.807, 2.05) is 12.2 Å². The molecule has 0 heterocycles. The summed E-state index contributed by atoms with van der Waals surface area (Å²) in [6.45, 7) is 4.22. The highest BCUT2D eigenvalue weighted by atomic mass is 79.9. The third-order valence-electron chi connectivity index (χ3n) is 5.14. The van der Waals surface area contributed by atoms with Crippen LogP contribution in [0.25, 0.3) is 0 Å². The Morgan fingerprint density at radius 1 is 1.50 bits per heavy atom. The van der Waals surface area contributed by atoms with Crippen LogP contribution in [0.4, 0.5) is 0 Å². The fraction of sp³-hybridized carbons (Fsp3) is 0.538. The molecule has 3 rings (SSSR count). The molecular weight excluding hydrogens is 264 g/mol. The van der Waals surface area contributed by atoms with Crippen LogP contribution in [0.3, 0.4) is 0 Å². The van der Waals surface area contributed by atoms with Crippen molar-refractivity contribution in [2.45, 2.75) is 20.3 Å². The molecule has 0 saturated heterocycles. The molecule has 80 valence electrons. The smallest absolute Gasteiger partial charge is 0.0953 e. The van der Waals surface area contributed by atoms with Crippen molar-refractivity contribution < 1.29 is 0 Å². The van der Waals surface area contributed by atoms with Crippen LogP contribution in [-0.4, -0.2) is 0 Å². The molecule has 1 fully saturated rings. The zero-order chi connectivity index (χ0) is 11.8. The molecule has 0 aromatic heterocycles. The van der Waals surface area contributed by atoms with Gasteiger partial charge in [0.05, 0.1) is 17.6 Å². The Labute approximate surface area is 103 Å². The topological polar surface area (TPSA) is 47.6 Å². The first-order valence-electron chi connectivity index (χ1n) is 5.47. The van der Waals surface area contributed by atoms with E-state index < -0.39 is 0 Å². The van der Waals surface area contributed by atoms with E-state index in [1.54, 1.807) is 0 Å². The second kappa shape index (κ2) is 2.44. The van der Waals surface area contributed by atoms with Crippen LogP contribution in [0.2, 0.25) is 0 Å². The SMILES string of the molecule is CCC12C3C=C(C#N)C1(C)C(Br)=C[C@@]32C#N. The molecule has 0 aromatic carbocycles. The average Bonchev–Trinajstić information content (AvgIpc) is 2.68. The Morgan fingerprint density at radius 2 is 2.19 bits per heavy atom. The number of nitrogens with zero attached hydrogens (tertiary/aromatic N) is 2. The van der Waals surface area contributed by atoms with E-state index >= 15 is 0 Å². The molecule has 3 unspecified atom stereocenters. The summed E-state index contributed by atoms with van der Waals surface area (Å²) in [5, 5.41) is 18.7. The Hall–Kier alpha value is -1.06. The van der Waals surface area contributed by atoms with Crippen LogP contribution in [0.15, 0.2) is 22.2 Å². The van der Waals surface area contributed by atoms with Gasteiger partial charge in [-0.15, -0.1) is 0 Å². The Bertz CT molecular complexity index is 547. The number of hydrogen-bond acceptors (Lipinski definition) is 2. The van der Waals surface area contributed by atoms with Crippen molar-refractivity contribution >= 4 is 15.9 Å². The molecule has 0 aromatic rings. The number of allylic oxidation sites excluding steroid dienone is 4. The largest absolute Gasteiger partial charge is 0.197 e. The van der Waals surface area contributed by atoms with Crippen molar-refractivity contribution in [1.82, 2.24) is 0 Å². The molecule has 1 saturated carbocycles. The van der Waals surface area contributed by atoms with Crippen LogP contribution >= 0.6 is 15.9 Å². The monoisotopic (exact) mass is 274 g/mol. The van der Waals surface area contributed by atoms with Gasteiger partial charge >= 0.3 is 0 Å². The van der Waals surface area contributed by atoms with Crippen LogP contribution in [0.5, 0.6) is 0 Å². The highest BCUT2D eigenvalue weighted by molar-refractivity contribution is 9.11. The molecule has 3 heteroatoms. The van der Waals surface area contributed by atoms with E-state index in [2.05, 4.69) is 41.9 Å². The molecule has 0 aliphatic heterocycles. The van der Waals surface area contributed by atoms with Gasteiger partial charge in [0.1, 0.15) is 0 Å². The lowest BCUT2D eigenvalue weighted by Gasteiger charge is -2.32. The highest BCUT2D eigenvalue weighted by Gasteiger charge is 2.87. The third kappa shape index (κ3) is 0.590. The van der Waals surface area contributed by atoms with Crippen molar-refractivity contribution in [2.24, 2.45) is 22.2 Å². The van der Waals surface area contributed by atoms with Crippen LogP contribution in [0, 0.1) is 44.8 Å². The summed E-state index contributed by atoms with van der Waals surface area (Å²) < 4.78 is 1.02. The van der Waals surface area contributed by atoms with Crippen molar-refractivity contribution in [3.63, 3.8) is 0 Å². The summed E-state index contributed by atoms with van der Waals surface area (Å²) in [5.74, 6) is 0.246. The minimum absolute atomic E-state index is 0.0569. The van der Waals surface area contributed by atoms with E-state index in [-0.39, 0.29) is 22.2 Å². The molecule has 0 bridgehead atoms. The van der Waals surface area contributed by atoms with Crippen LogP contribution in [-0.2, 0) is 0 Å². The van der Waals surface area contributed by atoms with Gasteiger partial charge in [0.25, 0.3) is 0 Å². The molecule has 0 radical (unpaired) electrons. The second-order valence-corrected chi connectivity index (χ2v) is 5.95. The molecule has 3 aliphatic carbocycles. The summed E-state index contributed by atoms with van der Waals surface area (Å²) in [6, 6.07) is 4.78. The van der Waals surface area contributed by atoms with Gasteiger partial charge in [-0.05, 0) is 13.3 Å². The lowest BCUT2D eigenvalue weighted by molar-refractivity contribution is 0.263. The maximum Gasteiger partial charge on any atom is 0.0953 e. The second-order valence-electron chi connectivity index (χ2n) is 5.09. The van der Waals surface area contributed by atoms with E-state index in [0.29, 0.717) is 0 Å². The Kier molecular flexibility index (Phi) is 1.54. The molecule has 4 atom stereocenters. The lowest BCUT2D eigenvalue weighted by Crippen LogP contribution is -2.29. The lowest BCUT2D eigenvalue weighted by atomic mass is 9.70. The van der Waals surface area contributed by atoms with Gasteiger partial charge < -0.3 is 0 Å². The van der Waals surface area contributed by atoms with Crippen LogP contribution < -0.4 is 0 Å². The first kappa shape index (κ1) is 10.1. The van der Waals surface area contributed by atoms with E-state index in [0.717, 1.165) is 16.5 Å². The van der Waals surface area contributed by atoms with Crippen LogP contribution in [0.1, 0.15) is 20.3 Å². The van der Waals surface area contributed by atoms with Gasteiger partial charge in [0.2, 0.25) is 0 Å². The van der Waals surface area contributed by atoms with Gasteiger partial charge in [-0.3, -0.25) is 0 Å². The summed E-state index contributed by atoms with van der Waals surface area (Å²) in [6.07, 6.45) is 5.01. The van der Waals surface area contributed by atoms with Gasteiger partial charge in [-0.25, -0.2) is 0 Å². The average molecular weight is 275 g/mol. The number of hydrogen-bond donors (Lipinski definition) is 0. The molecule has 16 heavy (non-hydrogen) atoms. The van der Waals surface area contributed by atoms with Crippen molar-refractivity contribution in [3.05, 3.63) is 22.2 Å². The van der Waals surface area contributed by atoms with E-state index in [4.69, 9.17) is 0 Å². The standard InChI is InChI=1S/C13H11BrN2/c1-3-13-9-4-8(6-15)11(13,2)10(14)5-12(9,13)7-16/h4-5,9H,3H2,1-2H3/t9?,11?,12-,13?/m1/s1. The zero-order valence-corrected chi connectivity index (χ0v) is 10.8. The summed E-state index contributed by atoms with van der Waals surface area (Å²) in [7, 11) is 0. The minimum atomic E-state index is -0.352. The number of nitriles is 2. The Balaban J connectivity index is 2.30. The maximum atomic E-state index is 9.45. The summed E-state index contributed by atoms with van der Waals surface area (Å²) in [5.41, 5.74) is 0.149. The first-order valence-corrected chi connectivity index (χ1v) is 6.27. The highest BCUT2D eigenvalue weighted by Crippen LogP contribution is 2.89. The fourth-order valence-electron chi connectivity index (χ4n) is 4.28. The van der Waals surface area contributed by atoms with E-state index in [1.165, 1.54) is 0 Å². The fourth-order valence-corrected chi connectivity index (χ4v) is 5.21. The Morgan fingerprint density at radius 3 is 2.69 bits per heavy atom. The minimum Gasteiger partial charge on any atom is -0.197 e. The predicted octanol–water partition coefficient (Wildman–Crippen LogP) is 3.28. The van der Waals surface area contributed by atoms with Gasteiger partial charge in [0.15, 0.2) is 0 Å². The summed E-state index contributed by atoms with van der Waals surface area (Å²) >= 11 is 3.57. The molecule has 0 amide bonds. The molecule has 3 aliphatic rings. The zero-order valence-electron chi connectivity index (χ0n) is 9.21. The quantitative estimate of drug-likeness (QED) is 0.737. The van der Waals surface area contributed by atoms with Crippen molar-refractivity contribution in [2.75, 3.05) is 0 Å². The maximum absolute atomic E-state index is 9.45. The number of fused-ring (bicyclic) bond motifs is 1.